The normalized spacial score (nSPS) is 22.9. The van der Waals surface area contributed by atoms with E-state index in [1.54, 1.807) is 25.4 Å². The molecule has 35 heavy (non-hydrogen) atoms. The summed E-state index contributed by atoms with van der Waals surface area (Å²) in [5, 5.41) is 25.5. The number of nitrogens with one attached hydrogen (secondary N) is 1. The first kappa shape index (κ1) is 21.8. The van der Waals surface area contributed by atoms with E-state index in [1.807, 2.05) is 0 Å². The number of aromatic amines is 1. The number of hydrogen-bond donors (Lipinski definition) is 2. The maximum absolute atomic E-state index is 14.5. The van der Waals surface area contributed by atoms with Crippen LogP contribution in [0.15, 0.2) is 36.7 Å². The van der Waals surface area contributed by atoms with Crippen molar-refractivity contribution >= 4 is 0 Å². The van der Waals surface area contributed by atoms with E-state index >= 15 is 0 Å². The van der Waals surface area contributed by atoms with Gasteiger partial charge < -0.3 is 5.11 Å². The minimum Gasteiger partial charge on any atom is -0.385 e. The number of nitrogens with zero attached hydrogens (tertiary/aromatic N) is 6. The molecule has 2 bridgehead atoms. The molecule has 0 saturated heterocycles. The lowest BCUT2D eigenvalue weighted by atomic mass is 9.66. The van der Waals surface area contributed by atoms with Crippen molar-refractivity contribution < 1.29 is 13.9 Å². The summed E-state index contributed by atoms with van der Waals surface area (Å²) in [7, 11) is 0. The molecule has 4 aromatic rings. The minimum atomic E-state index is -0.786. The van der Waals surface area contributed by atoms with Gasteiger partial charge in [0.25, 0.3) is 0 Å². The molecule has 0 aliphatic heterocycles. The van der Waals surface area contributed by atoms with Crippen molar-refractivity contribution in [3.63, 3.8) is 0 Å². The second-order valence-corrected chi connectivity index (χ2v) is 9.86. The molecule has 10 heteroatoms. The summed E-state index contributed by atoms with van der Waals surface area (Å²) in [6, 6.07) is 5.55. The van der Waals surface area contributed by atoms with Crippen molar-refractivity contribution in [3.8, 4) is 22.8 Å². The minimum absolute atomic E-state index is 0.123. The van der Waals surface area contributed by atoms with Gasteiger partial charge in [-0.05, 0) is 54.9 Å². The number of aliphatic hydroxyl groups excluding tert-OH is 1. The van der Waals surface area contributed by atoms with Gasteiger partial charge in [0.05, 0.1) is 34.3 Å². The molecule has 178 valence electrons. The monoisotopic (exact) mass is 475 g/mol. The second kappa shape index (κ2) is 7.42. The van der Waals surface area contributed by atoms with Crippen LogP contribution in [0.2, 0.25) is 0 Å². The van der Waals surface area contributed by atoms with Crippen LogP contribution in [0.1, 0.15) is 68.4 Å². The van der Waals surface area contributed by atoms with Crippen LogP contribution in [0.4, 0.5) is 8.78 Å². The van der Waals surface area contributed by atoms with Gasteiger partial charge in [-0.2, -0.15) is 10.2 Å². The fraction of sp³-hybridized carbons (Fsp3) is 0.360. The molecule has 2 N–H and O–H groups in total. The largest absolute Gasteiger partial charge is 0.385 e. The van der Waals surface area contributed by atoms with E-state index in [-0.39, 0.29) is 22.6 Å². The summed E-state index contributed by atoms with van der Waals surface area (Å²) in [5.74, 6) is -0.529. The lowest BCUT2D eigenvalue weighted by molar-refractivity contribution is 0.189. The van der Waals surface area contributed by atoms with Crippen LogP contribution >= 0.6 is 0 Å². The molecule has 2 aliphatic rings. The molecule has 3 aromatic heterocycles. The van der Waals surface area contributed by atoms with Gasteiger partial charge >= 0.3 is 0 Å². The number of aliphatic hydroxyl groups is 1. The van der Waals surface area contributed by atoms with Gasteiger partial charge in [0.15, 0.2) is 5.82 Å². The summed E-state index contributed by atoms with van der Waals surface area (Å²) in [5.41, 5.74) is 2.07. The summed E-state index contributed by atoms with van der Waals surface area (Å²) in [6.45, 7) is 5.94. The average molecular weight is 476 g/mol. The zero-order chi connectivity index (χ0) is 24.5. The Labute approximate surface area is 199 Å². The molecular formula is C25H23F2N7O. The molecule has 8 nitrogen and oxygen atoms in total. The van der Waals surface area contributed by atoms with Gasteiger partial charge in [-0.15, -0.1) is 5.10 Å². The Morgan fingerprint density at radius 1 is 1.09 bits per heavy atom. The van der Waals surface area contributed by atoms with Crippen LogP contribution in [-0.4, -0.2) is 40.5 Å². The van der Waals surface area contributed by atoms with E-state index in [4.69, 9.17) is 4.98 Å². The molecule has 1 fully saturated rings. The molecule has 0 amide bonds. The van der Waals surface area contributed by atoms with E-state index < -0.39 is 23.2 Å². The van der Waals surface area contributed by atoms with Crippen LogP contribution in [-0.2, 0) is 5.41 Å². The summed E-state index contributed by atoms with van der Waals surface area (Å²) in [6.07, 6.45) is 4.21. The molecule has 3 atom stereocenters. The Kier molecular flexibility index (Phi) is 4.63. The number of rotatable bonds is 4. The molecule has 2 aliphatic carbocycles. The zero-order valence-electron chi connectivity index (χ0n) is 19.4. The van der Waals surface area contributed by atoms with Crippen molar-refractivity contribution in [2.24, 2.45) is 5.41 Å². The fourth-order valence-corrected chi connectivity index (χ4v) is 6.01. The number of aromatic nitrogens is 7. The molecular weight excluding hydrogens is 452 g/mol. The van der Waals surface area contributed by atoms with Gasteiger partial charge in [-0.25, -0.2) is 18.7 Å². The molecule has 1 unspecified atom stereocenters. The highest BCUT2D eigenvalue weighted by molar-refractivity contribution is 5.64. The molecule has 6 rings (SSSR count). The average Bonchev–Trinajstić information content (AvgIpc) is 3.48. The van der Waals surface area contributed by atoms with E-state index in [1.165, 1.54) is 18.2 Å². The lowest BCUT2D eigenvalue weighted by Gasteiger charge is -2.37. The highest BCUT2D eigenvalue weighted by atomic mass is 19.1. The predicted molar refractivity (Wildman–Crippen MR) is 122 cm³/mol. The van der Waals surface area contributed by atoms with Gasteiger partial charge in [-0.3, -0.25) is 10.1 Å². The van der Waals surface area contributed by atoms with E-state index in [0.717, 1.165) is 29.8 Å². The quantitative estimate of drug-likeness (QED) is 0.454. The number of hydrogen-bond acceptors (Lipinski definition) is 7. The molecule has 3 heterocycles. The molecule has 0 spiro atoms. The van der Waals surface area contributed by atoms with Crippen molar-refractivity contribution in [1.82, 2.24) is 35.3 Å². The lowest BCUT2D eigenvalue weighted by Crippen LogP contribution is -2.38. The fourth-order valence-electron chi connectivity index (χ4n) is 6.01. The van der Waals surface area contributed by atoms with Crippen LogP contribution in [0.3, 0.4) is 0 Å². The summed E-state index contributed by atoms with van der Waals surface area (Å²) >= 11 is 0. The predicted octanol–water partition coefficient (Wildman–Crippen LogP) is 4.25. The Bertz CT molecular complexity index is 1450. The van der Waals surface area contributed by atoms with Gasteiger partial charge in [0.1, 0.15) is 23.4 Å². The summed E-state index contributed by atoms with van der Waals surface area (Å²) in [4.78, 5) is 13.7. The first-order chi connectivity index (χ1) is 16.7. The van der Waals surface area contributed by atoms with E-state index in [2.05, 4.69) is 44.2 Å². The SMILES string of the molecule is CC(O)c1nc(-c2cncc([C@@]34CC[C@@H](c5cc(-c6c(F)cccc6F)nnc53)C4(C)C)n2)n[nH]1. The Morgan fingerprint density at radius 2 is 1.86 bits per heavy atom. The topological polar surface area (TPSA) is 113 Å². The van der Waals surface area contributed by atoms with Gasteiger partial charge in [-0.1, -0.05) is 19.9 Å². The Morgan fingerprint density at radius 3 is 2.57 bits per heavy atom. The van der Waals surface area contributed by atoms with E-state index in [9.17, 15) is 13.9 Å². The van der Waals surface area contributed by atoms with Crippen LogP contribution in [0.25, 0.3) is 22.8 Å². The third-order valence-corrected chi connectivity index (χ3v) is 7.80. The van der Waals surface area contributed by atoms with Crippen LogP contribution < -0.4 is 0 Å². The van der Waals surface area contributed by atoms with Crippen LogP contribution in [0.5, 0.6) is 0 Å². The highest BCUT2D eigenvalue weighted by Crippen LogP contribution is 2.69. The standard InChI is InChI=1S/C25H23F2N7O/c1-12(35)22-30-23(34-33-22)18-10-28-11-19(29-18)25-8-7-14(24(25,2)3)13-9-17(31-32-21(13)25)20-15(26)5-4-6-16(20)27/h4-6,9-12,14,35H,7-8H2,1-3H3,(H,30,33,34)/t12?,14-,25-/m0/s1. The zero-order valence-corrected chi connectivity index (χ0v) is 19.4. The number of benzene rings is 1. The maximum Gasteiger partial charge on any atom is 0.201 e. The van der Waals surface area contributed by atoms with Gasteiger partial charge in [0.2, 0.25) is 5.82 Å². The number of fused-ring (bicyclic) bond motifs is 5. The molecule has 0 radical (unpaired) electrons. The number of halogens is 2. The van der Waals surface area contributed by atoms with Gasteiger partial charge in [0, 0.05) is 6.20 Å². The molecule has 1 aromatic carbocycles. The Balaban J connectivity index is 1.49. The van der Waals surface area contributed by atoms with Crippen molar-refractivity contribution in [1.29, 1.82) is 0 Å². The number of H-pyrrole nitrogens is 1. The first-order valence-corrected chi connectivity index (χ1v) is 11.5. The molecule has 1 saturated carbocycles. The van der Waals surface area contributed by atoms with Crippen molar-refractivity contribution in [3.05, 3.63) is 71.1 Å². The highest BCUT2D eigenvalue weighted by Gasteiger charge is 2.65. The van der Waals surface area contributed by atoms with Crippen LogP contribution in [0, 0.1) is 17.0 Å². The smallest absolute Gasteiger partial charge is 0.201 e. The first-order valence-electron chi connectivity index (χ1n) is 11.5. The van der Waals surface area contributed by atoms with Crippen molar-refractivity contribution in [2.75, 3.05) is 0 Å². The second-order valence-electron chi connectivity index (χ2n) is 9.86. The summed E-state index contributed by atoms with van der Waals surface area (Å²) < 4.78 is 28.9. The Hall–Kier alpha value is -3.66. The third kappa shape index (κ3) is 2.92. The third-order valence-electron chi connectivity index (χ3n) is 7.80. The van der Waals surface area contributed by atoms with E-state index in [0.29, 0.717) is 17.3 Å². The maximum atomic E-state index is 14.5. The van der Waals surface area contributed by atoms with Crippen molar-refractivity contribution in [2.45, 2.75) is 51.0 Å².